The number of para-hydroxylation sites is 1. The zero-order valence-electron chi connectivity index (χ0n) is 29.7. The molecular formula is C40H42ClFN6O4. The van der Waals surface area contributed by atoms with E-state index in [4.69, 9.17) is 25.8 Å². The molecule has 1 aromatic heterocycles. The summed E-state index contributed by atoms with van der Waals surface area (Å²) in [7, 11) is 3.66. The minimum Gasteiger partial charge on any atom is -0.493 e. The summed E-state index contributed by atoms with van der Waals surface area (Å²) in [6, 6.07) is 23.2. The highest BCUT2D eigenvalue weighted by molar-refractivity contribution is 6.30. The number of anilines is 3. The highest BCUT2D eigenvalue weighted by Gasteiger charge is 2.21. The largest absolute Gasteiger partial charge is 0.493 e. The number of methoxy groups -OCH3 is 1. The first-order valence-corrected chi connectivity index (χ1v) is 17.5. The van der Waals surface area contributed by atoms with Crippen molar-refractivity contribution in [3.63, 3.8) is 0 Å². The van der Waals surface area contributed by atoms with Gasteiger partial charge in [0.05, 0.1) is 13.7 Å². The fraction of sp³-hybridized carbons (Fsp3) is 0.275. The second kappa shape index (κ2) is 16.9. The Balaban J connectivity index is 1.21. The molecule has 12 heteroatoms. The van der Waals surface area contributed by atoms with Crippen molar-refractivity contribution >= 4 is 34.8 Å². The Kier molecular flexibility index (Phi) is 11.9. The van der Waals surface area contributed by atoms with Gasteiger partial charge in [-0.2, -0.15) is 4.98 Å². The van der Waals surface area contributed by atoms with Gasteiger partial charge in [0.1, 0.15) is 5.56 Å². The Morgan fingerprint density at radius 1 is 0.904 bits per heavy atom. The lowest BCUT2D eigenvalue weighted by Crippen LogP contribution is -2.44. The van der Waals surface area contributed by atoms with Crippen LogP contribution in [-0.4, -0.2) is 79.2 Å². The maximum atomic E-state index is 15.1. The Morgan fingerprint density at radius 2 is 1.62 bits per heavy atom. The Labute approximate surface area is 308 Å². The number of piperazine rings is 1. The van der Waals surface area contributed by atoms with Crippen LogP contribution in [0.2, 0.25) is 5.02 Å². The number of nitrogens with zero attached hydrogens (tertiary/aromatic N) is 4. The lowest BCUT2D eigenvalue weighted by Gasteiger charge is -2.32. The van der Waals surface area contributed by atoms with Gasteiger partial charge in [-0.15, -0.1) is 0 Å². The fourth-order valence-corrected chi connectivity index (χ4v) is 6.02. The fourth-order valence-electron chi connectivity index (χ4n) is 5.90. The number of likely N-dealkylation sites (N-methyl/N-ethyl adjacent to an activating group) is 1. The molecule has 0 unspecified atom stereocenters. The van der Waals surface area contributed by atoms with Gasteiger partial charge in [-0.1, -0.05) is 48.0 Å². The second-order valence-electron chi connectivity index (χ2n) is 12.7. The zero-order valence-corrected chi connectivity index (χ0v) is 30.5. The molecule has 5 aromatic rings. The van der Waals surface area contributed by atoms with Crippen LogP contribution in [0.15, 0.2) is 85.1 Å². The number of hydrogen-bond donors (Lipinski definition) is 2. The minimum atomic E-state index is -0.517. The summed E-state index contributed by atoms with van der Waals surface area (Å²) >= 11 is 6.09. The van der Waals surface area contributed by atoms with Gasteiger partial charge < -0.3 is 34.6 Å². The summed E-state index contributed by atoms with van der Waals surface area (Å²) in [6.45, 7) is 9.32. The standard InChI is InChI=1S/C40H42ClFN6O4/c1-26-7-5-8-27(2)37(26)45-38(49)32-25-43-40(44-31-14-16-34(33(42)24-31)51-22-6-17-48-20-18-47(3)19-21-48)46-39(32)52-35-15-11-29(23-36(35)50-4)28-9-12-30(41)13-10-28/h5,7-16,23-25H,6,17-22H2,1-4H3,(H,45,49)(H,43,44,46). The minimum absolute atomic E-state index is 0.0282. The normalized spacial score (nSPS) is 13.4. The summed E-state index contributed by atoms with van der Waals surface area (Å²) in [5.74, 6) is -0.00205. The number of hydrogen-bond acceptors (Lipinski definition) is 9. The molecule has 0 spiro atoms. The number of benzene rings is 4. The number of rotatable bonds is 13. The third kappa shape index (κ3) is 9.16. The van der Waals surface area contributed by atoms with Crippen LogP contribution in [0.5, 0.6) is 23.1 Å². The third-order valence-electron chi connectivity index (χ3n) is 8.93. The molecule has 2 N–H and O–H groups in total. The van der Waals surface area contributed by atoms with Crippen LogP contribution in [0.3, 0.4) is 0 Å². The summed E-state index contributed by atoms with van der Waals surface area (Å²) in [5.41, 5.74) is 4.78. The lowest BCUT2D eigenvalue weighted by atomic mass is 10.1. The van der Waals surface area contributed by atoms with Gasteiger partial charge in [0.2, 0.25) is 11.8 Å². The van der Waals surface area contributed by atoms with Crippen LogP contribution in [-0.2, 0) is 0 Å². The van der Waals surface area contributed by atoms with Crippen molar-refractivity contribution in [2.45, 2.75) is 20.3 Å². The van der Waals surface area contributed by atoms with Crippen molar-refractivity contribution in [3.8, 4) is 34.3 Å². The zero-order chi connectivity index (χ0) is 36.6. The molecule has 0 radical (unpaired) electrons. The number of ether oxygens (including phenoxy) is 3. The van der Waals surface area contributed by atoms with E-state index in [0.29, 0.717) is 34.5 Å². The molecule has 270 valence electrons. The number of halogens is 2. The van der Waals surface area contributed by atoms with E-state index in [-0.39, 0.29) is 23.1 Å². The first kappa shape index (κ1) is 36.6. The van der Waals surface area contributed by atoms with E-state index < -0.39 is 11.7 Å². The van der Waals surface area contributed by atoms with Gasteiger partial charge in [-0.05, 0) is 86.0 Å². The van der Waals surface area contributed by atoms with E-state index >= 15 is 4.39 Å². The number of amides is 1. The van der Waals surface area contributed by atoms with Crippen molar-refractivity contribution in [2.75, 3.05) is 64.1 Å². The molecule has 1 aliphatic heterocycles. The molecule has 1 fully saturated rings. The molecule has 2 heterocycles. The Morgan fingerprint density at radius 3 is 2.33 bits per heavy atom. The van der Waals surface area contributed by atoms with E-state index in [0.717, 1.165) is 61.4 Å². The number of aryl methyl sites for hydroxylation is 2. The Bertz CT molecular complexity index is 2000. The smallest absolute Gasteiger partial charge is 0.262 e. The van der Waals surface area contributed by atoms with Crippen molar-refractivity contribution in [1.82, 2.24) is 19.8 Å². The van der Waals surface area contributed by atoms with Gasteiger partial charge in [-0.3, -0.25) is 4.79 Å². The van der Waals surface area contributed by atoms with Crippen LogP contribution in [0.1, 0.15) is 27.9 Å². The van der Waals surface area contributed by atoms with Crippen LogP contribution in [0.25, 0.3) is 11.1 Å². The quantitative estimate of drug-likeness (QED) is 0.116. The lowest BCUT2D eigenvalue weighted by molar-refractivity contribution is 0.102. The maximum Gasteiger partial charge on any atom is 0.262 e. The summed E-state index contributed by atoms with van der Waals surface area (Å²) < 4.78 is 32.9. The van der Waals surface area contributed by atoms with Crippen molar-refractivity contribution < 1.29 is 23.4 Å². The molecule has 1 amide bonds. The van der Waals surface area contributed by atoms with Crippen LogP contribution >= 0.6 is 11.6 Å². The molecule has 4 aromatic carbocycles. The summed E-state index contributed by atoms with van der Waals surface area (Å²) in [5, 5.41) is 6.64. The van der Waals surface area contributed by atoms with E-state index in [9.17, 15) is 4.79 Å². The monoisotopic (exact) mass is 724 g/mol. The van der Waals surface area contributed by atoms with Crippen LogP contribution in [0.4, 0.5) is 21.7 Å². The van der Waals surface area contributed by atoms with Gasteiger partial charge >= 0.3 is 0 Å². The molecular weight excluding hydrogens is 683 g/mol. The first-order chi connectivity index (χ1) is 25.2. The van der Waals surface area contributed by atoms with Gasteiger partial charge in [0.15, 0.2) is 23.1 Å². The maximum absolute atomic E-state index is 15.1. The van der Waals surface area contributed by atoms with Crippen LogP contribution in [0, 0.1) is 19.7 Å². The average molecular weight is 725 g/mol. The van der Waals surface area contributed by atoms with E-state index in [1.807, 2.05) is 68.4 Å². The van der Waals surface area contributed by atoms with Gasteiger partial charge in [0.25, 0.3) is 5.91 Å². The third-order valence-corrected chi connectivity index (χ3v) is 9.18. The first-order valence-electron chi connectivity index (χ1n) is 17.1. The molecule has 0 atom stereocenters. The number of nitrogens with one attached hydrogen (secondary N) is 2. The van der Waals surface area contributed by atoms with E-state index in [1.165, 1.54) is 19.4 Å². The van der Waals surface area contributed by atoms with Gasteiger partial charge in [-0.25, -0.2) is 9.37 Å². The molecule has 6 rings (SSSR count). The Hall–Kier alpha value is -5.23. The van der Waals surface area contributed by atoms with Crippen molar-refractivity contribution in [3.05, 3.63) is 113 Å². The van der Waals surface area contributed by atoms with Gasteiger partial charge in [0, 0.05) is 61.4 Å². The number of aromatic nitrogens is 2. The molecule has 1 aliphatic rings. The SMILES string of the molecule is COc1cc(-c2ccc(Cl)cc2)ccc1Oc1nc(Nc2ccc(OCCCN3CCN(C)CC3)c(F)c2)ncc1C(=O)Nc1c(C)cccc1C. The molecule has 0 aliphatic carbocycles. The highest BCUT2D eigenvalue weighted by atomic mass is 35.5. The highest BCUT2D eigenvalue weighted by Crippen LogP contribution is 2.37. The molecule has 0 saturated carbocycles. The topological polar surface area (TPSA) is 101 Å². The van der Waals surface area contributed by atoms with Crippen molar-refractivity contribution in [1.29, 1.82) is 0 Å². The molecule has 52 heavy (non-hydrogen) atoms. The van der Waals surface area contributed by atoms with Crippen LogP contribution < -0.4 is 24.8 Å². The van der Waals surface area contributed by atoms with Crippen molar-refractivity contribution in [2.24, 2.45) is 0 Å². The number of carbonyl (C=O) groups excluding carboxylic acids is 1. The predicted octanol–water partition coefficient (Wildman–Crippen LogP) is 8.37. The summed E-state index contributed by atoms with van der Waals surface area (Å²) in [4.78, 5) is 27.4. The molecule has 10 nitrogen and oxygen atoms in total. The summed E-state index contributed by atoms with van der Waals surface area (Å²) in [6.07, 6.45) is 2.17. The number of carbonyl (C=O) groups is 1. The second-order valence-corrected chi connectivity index (χ2v) is 13.2. The van der Waals surface area contributed by atoms with E-state index in [1.54, 1.807) is 18.2 Å². The van der Waals surface area contributed by atoms with E-state index in [2.05, 4.69) is 37.4 Å². The molecule has 0 bridgehead atoms. The predicted molar refractivity (Wildman–Crippen MR) is 203 cm³/mol. The molecule has 1 saturated heterocycles. The average Bonchev–Trinajstić information content (AvgIpc) is 3.14.